The number of hydrogen-bond acceptors (Lipinski definition) is 1. The van der Waals surface area contributed by atoms with Gasteiger partial charge in [-0.05, 0) is 30.8 Å². The average Bonchev–Trinajstić information content (AvgIpc) is 2.92. The molecule has 1 nitrogen and oxygen atoms in total. The molecule has 0 saturated heterocycles. The van der Waals surface area contributed by atoms with Gasteiger partial charge in [0, 0.05) is 6.61 Å². The van der Waals surface area contributed by atoms with Crippen LogP contribution in [0.1, 0.15) is 47.0 Å². The van der Waals surface area contributed by atoms with E-state index >= 15 is 0 Å². The van der Waals surface area contributed by atoms with Gasteiger partial charge in [-0.15, -0.1) is 6.42 Å². The van der Waals surface area contributed by atoms with Gasteiger partial charge in [-0.3, -0.25) is 6.08 Å². The summed E-state index contributed by atoms with van der Waals surface area (Å²) in [7, 11) is 0. The van der Waals surface area contributed by atoms with Crippen molar-refractivity contribution in [3.8, 4) is 0 Å². The molecule has 4 heteroatoms. The zero-order chi connectivity index (χ0) is 13.9. The first-order chi connectivity index (χ1) is 9.04. The van der Waals surface area contributed by atoms with Gasteiger partial charge >= 0.3 is 21.7 Å². The molecule has 0 aromatic rings. The van der Waals surface area contributed by atoms with Crippen molar-refractivity contribution in [1.82, 2.24) is 0 Å². The Kier molecular flexibility index (Phi) is 11.3. The summed E-state index contributed by atoms with van der Waals surface area (Å²) in [6.07, 6.45) is 17.4. The minimum atomic E-state index is -0.227. The van der Waals surface area contributed by atoms with E-state index in [0.29, 0.717) is 0 Å². The smallest absolute Gasteiger partial charge is 1.00 e. The monoisotopic (exact) mass is 375 g/mol. The molecule has 121 valence electrons. The fourth-order valence-corrected chi connectivity index (χ4v) is 3.17. The molecule has 0 fully saturated rings. The number of halogens is 2. The van der Waals surface area contributed by atoms with Crippen molar-refractivity contribution < 1.29 is 51.3 Å². The molecule has 22 heavy (non-hydrogen) atoms. The van der Waals surface area contributed by atoms with Crippen molar-refractivity contribution >= 4 is 0 Å². The summed E-state index contributed by atoms with van der Waals surface area (Å²) < 4.78 is 6.39. The summed E-state index contributed by atoms with van der Waals surface area (Å²) in [6.45, 7) is 9.74. The summed E-state index contributed by atoms with van der Waals surface area (Å²) in [5, 5.41) is 0. The third-order valence-electron chi connectivity index (χ3n) is 4.46. The maximum absolute atomic E-state index is 6.39. The topological polar surface area (TPSA) is 9.23 Å². The molecule has 0 heterocycles. The first-order valence-corrected chi connectivity index (χ1v) is 7.30. The van der Waals surface area contributed by atoms with E-state index in [4.69, 9.17) is 4.74 Å². The number of allylic oxidation sites excluding steroid dienone is 5. The first-order valence-electron chi connectivity index (χ1n) is 7.30. The van der Waals surface area contributed by atoms with Crippen molar-refractivity contribution in [3.05, 3.63) is 47.6 Å². The Morgan fingerprint density at radius 2 is 1.95 bits per heavy atom. The number of hydrogen-bond donors (Lipinski definition) is 0. The van der Waals surface area contributed by atoms with E-state index in [2.05, 4.69) is 64.2 Å². The SMILES string of the molecule is CCCOC1(C(C)(C)C2=[C-]CC=C2)CC=CC=C1C.[Cl-].[Cl-].[Ti+3]. The molecule has 2 rings (SSSR count). The van der Waals surface area contributed by atoms with Gasteiger partial charge in [-0.1, -0.05) is 39.0 Å². The third-order valence-corrected chi connectivity index (χ3v) is 4.46. The fraction of sp³-hybridized carbons (Fsp3) is 0.556. The summed E-state index contributed by atoms with van der Waals surface area (Å²) in [5.41, 5.74) is 2.32. The van der Waals surface area contributed by atoms with E-state index in [0.717, 1.165) is 25.9 Å². The first kappa shape index (κ1) is 24.5. The Balaban J connectivity index is 0. The summed E-state index contributed by atoms with van der Waals surface area (Å²) >= 11 is 0. The molecule has 1 unspecified atom stereocenters. The van der Waals surface area contributed by atoms with Gasteiger partial charge in [0.05, 0.1) is 5.60 Å². The standard InChI is InChI=1S/C18H25O.2ClH.Ti/c1-5-14-19-18(13-9-8-10-15(18)2)17(3,4)16-11-6-7-12-16;;;/h6,8-11H,5,7,13-14H2,1-4H3;2*1H;/q-1;;;+3/p-2. The van der Waals surface area contributed by atoms with Crippen LogP contribution < -0.4 is 24.8 Å². The van der Waals surface area contributed by atoms with Crippen molar-refractivity contribution in [2.75, 3.05) is 6.61 Å². The molecule has 1 radical (unpaired) electrons. The van der Waals surface area contributed by atoms with Crippen molar-refractivity contribution in [3.63, 3.8) is 0 Å². The van der Waals surface area contributed by atoms with E-state index in [1.54, 1.807) is 0 Å². The van der Waals surface area contributed by atoms with Gasteiger partial charge < -0.3 is 29.6 Å². The fourth-order valence-electron chi connectivity index (χ4n) is 3.17. The second kappa shape index (κ2) is 10.2. The summed E-state index contributed by atoms with van der Waals surface area (Å²) in [4.78, 5) is 0. The van der Waals surface area contributed by atoms with Crippen LogP contribution in [-0.2, 0) is 26.5 Å². The van der Waals surface area contributed by atoms with Crippen LogP contribution in [0.15, 0.2) is 41.5 Å². The van der Waals surface area contributed by atoms with E-state index in [-0.39, 0.29) is 57.5 Å². The van der Waals surface area contributed by atoms with E-state index in [1.165, 1.54) is 11.1 Å². The Bertz CT molecular complexity index is 464. The van der Waals surface area contributed by atoms with Crippen LogP contribution in [0, 0.1) is 11.5 Å². The molecule has 2 aliphatic carbocycles. The zero-order valence-electron chi connectivity index (χ0n) is 13.9. The Morgan fingerprint density at radius 1 is 1.27 bits per heavy atom. The molecule has 0 N–H and O–H groups in total. The van der Waals surface area contributed by atoms with Crippen molar-refractivity contribution in [2.45, 2.75) is 52.6 Å². The number of ether oxygens (including phenoxy) is 1. The minimum absolute atomic E-state index is 0. The number of rotatable bonds is 5. The Morgan fingerprint density at radius 3 is 2.45 bits per heavy atom. The van der Waals surface area contributed by atoms with Gasteiger partial charge in [0.15, 0.2) is 0 Å². The van der Waals surface area contributed by atoms with Gasteiger partial charge in [-0.25, -0.2) is 11.6 Å². The molecule has 0 aromatic carbocycles. The predicted octanol–water partition coefficient (Wildman–Crippen LogP) is -1.22. The second-order valence-electron chi connectivity index (χ2n) is 5.98. The van der Waals surface area contributed by atoms with Gasteiger partial charge in [-0.2, -0.15) is 6.08 Å². The van der Waals surface area contributed by atoms with Crippen LogP contribution in [0.2, 0.25) is 0 Å². The van der Waals surface area contributed by atoms with Crippen LogP contribution in [0.25, 0.3) is 0 Å². The molecule has 2 aliphatic rings. The second-order valence-corrected chi connectivity index (χ2v) is 5.98. The molecule has 0 aliphatic heterocycles. The summed E-state index contributed by atoms with van der Waals surface area (Å²) in [5.74, 6) is 0. The van der Waals surface area contributed by atoms with E-state index in [9.17, 15) is 0 Å². The van der Waals surface area contributed by atoms with E-state index in [1.807, 2.05) is 0 Å². The Hall–Kier alpha value is 0.214. The third kappa shape index (κ3) is 4.39. The molecule has 0 amide bonds. The van der Waals surface area contributed by atoms with Crippen molar-refractivity contribution in [2.24, 2.45) is 5.41 Å². The van der Waals surface area contributed by atoms with Crippen molar-refractivity contribution in [1.29, 1.82) is 0 Å². The quantitative estimate of drug-likeness (QED) is 0.432. The van der Waals surface area contributed by atoms with Crippen LogP contribution in [0.5, 0.6) is 0 Å². The largest absolute Gasteiger partial charge is 3.00 e. The van der Waals surface area contributed by atoms with E-state index < -0.39 is 0 Å². The van der Waals surface area contributed by atoms with Crippen LogP contribution in [-0.4, -0.2) is 12.2 Å². The van der Waals surface area contributed by atoms with Crippen LogP contribution in [0.3, 0.4) is 0 Å². The normalized spacial score (nSPS) is 22.9. The molecule has 0 saturated carbocycles. The van der Waals surface area contributed by atoms with Gasteiger partial charge in [0.1, 0.15) is 0 Å². The van der Waals surface area contributed by atoms with Crippen LogP contribution in [0.4, 0.5) is 0 Å². The molecular weight excluding hydrogens is 351 g/mol. The average molecular weight is 376 g/mol. The molecule has 0 aromatic heterocycles. The van der Waals surface area contributed by atoms with Gasteiger partial charge in [0.2, 0.25) is 0 Å². The molecule has 0 bridgehead atoms. The molecule has 1 atom stereocenters. The van der Waals surface area contributed by atoms with Gasteiger partial charge in [0.25, 0.3) is 0 Å². The molecule has 0 spiro atoms. The maximum atomic E-state index is 6.39. The molecular formula is C18H25Cl2OTi. The van der Waals surface area contributed by atoms with Crippen LogP contribution >= 0.6 is 0 Å². The Labute approximate surface area is 163 Å². The summed E-state index contributed by atoms with van der Waals surface area (Å²) in [6, 6.07) is 0. The maximum Gasteiger partial charge on any atom is 3.00 e. The zero-order valence-corrected chi connectivity index (χ0v) is 17.0. The minimum Gasteiger partial charge on any atom is -1.00 e. The predicted molar refractivity (Wildman–Crippen MR) is 80.8 cm³/mol.